The Hall–Kier alpha value is -3.05. The van der Waals surface area contributed by atoms with Crippen molar-refractivity contribution in [1.29, 1.82) is 0 Å². The van der Waals surface area contributed by atoms with E-state index in [-0.39, 0.29) is 37.5 Å². The monoisotopic (exact) mass is 471 g/mol. The Morgan fingerprint density at radius 2 is 1.65 bits per heavy atom. The van der Waals surface area contributed by atoms with Crippen LogP contribution in [-0.4, -0.2) is 39.2 Å². The van der Waals surface area contributed by atoms with E-state index in [0.29, 0.717) is 11.5 Å². The number of ether oxygens (including phenoxy) is 2. The zero-order valence-electron chi connectivity index (χ0n) is 16.9. The SMILES string of the molecule is CC1(C)N=C(N)N=C(N)N1c1cccc(OCCOc2ccc(S(=O)(=O)F)cc2)c1.Cl. The lowest BCUT2D eigenvalue weighted by atomic mass is 10.1. The lowest BCUT2D eigenvalue weighted by molar-refractivity contribution is 0.217. The molecule has 0 aliphatic carbocycles. The number of hydrogen-bond acceptors (Lipinski definition) is 9. The molecule has 31 heavy (non-hydrogen) atoms. The van der Waals surface area contributed by atoms with Gasteiger partial charge < -0.3 is 20.9 Å². The summed E-state index contributed by atoms with van der Waals surface area (Å²) in [5.74, 6) is 1.33. The Morgan fingerprint density at radius 3 is 2.23 bits per heavy atom. The van der Waals surface area contributed by atoms with Crippen LogP contribution in [0.1, 0.15) is 13.8 Å². The molecule has 0 amide bonds. The number of rotatable bonds is 7. The van der Waals surface area contributed by atoms with Crippen molar-refractivity contribution in [2.75, 3.05) is 18.1 Å². The van der Waals surface area contributed by atoms with Crippen molar-refractivity contribution in [1.82, 2.24) is 0 Å². The first-order chi connectivity index (χ1) is 14.1. The van der Waals surface area contributed by atoms with Crippen molar-refractivity contribution in [2.24, 2.45) is 21.5 Å². The second kappa shape index (κ2) is 9.40. The maximum absolute atomic E-state index is 12.9. The number of nitrogens with two attached hydrogens (primary N) is 2. The van der Waals surface area contributed by atoms with E-state index < -0.39 is 20.8 Å². The maximum Gasteiger partial charge on any atom is 0.332 e. The minimum absolute atomic E-state index is 0. The van der Waals surface area contributed by atoms with Gasteiger partial charge in [0.1, 0.15) is 30.4 Å². The fourth-order valence-corrected chi connectivity index (χ4v) is 3.44. The van der Waals surface area contributed by atoms with Crippen LogP contribution in [0.25, 0.3) is 0 Å². The van der Waals surface area contributed by atoms with Gasteiger partial charge in [0.25, 0.3) is 0 Å². The van der Waals surface area contributed by atoms with Crippen LogP contribution in [0, 0.1) is 0 Å². The van der Waals surface area contributed by atoms with Gasteiger partial charge in [0.15, 0.2) is 0 Å². The number of anilines is 1. The smallest absolute Gasteiger partial charge is 0.332 e. The molecule has 1 heterocycles. The number of aliphatic imine (C=N–C) groups is 2. The summed E-state index contributed by atoms with van der Waals surface area (Å²) in [5.41, 5.74) is 11.8. The third kappa shape index (κ3) is 5.98. The summed E-state index contributed by atoms with van der Waals surface area (Å²) in [7, 11) is -4.73. The largest absolute Gasteiger partial charge is 0.490 e. The zero-order valence-corrected chi connectivity index (χ0v) is 18.5. The van der Waals surface area contributed by atoms with E-state index in [2.05, 4.69) is 9.98 Å². The Labute approximate surface area is 186 Å². The second-order valence-electron chi connectivity index (χ2n) is 6.87. The van der Waals surface area contributed by atoms with E-state index >= 15 is 0 Å². The molecule has 0 unspecified atom stereocenters. The van der Waals surface area contributed by atoms with Crippen LogP contribution in [0.3, 0.4) is 0 Å². The van der Waals surface area contributed by atoms with Crippen molar-refractivity contribution in [3.63, 3.8) is 0 Å². The Bertz CT molecular complexity index is 1090. The fraction of sp³-hybridized carbons (Fsp3) is 0.263. The number of benzene rings is 2. The number of halogens is 2. The predicted octanol–water partition coefficient (Wildman–Crippen LogP) is 2.41. The highest BCUT2D eigenvalue weighted by atomic mass is 35.5. The van der Waals surface area contributed by atoms with Crippen molar-refractivity contribution in [3.05, 3.63) is 48.5 Å². The first kappa shape index (κ1) is 24.2. The van der Waals surface area contributed by atoms with Gasteiger partial charge in [-0.1, -0.05) is 6.07 Å². The van der Waals surface area contributed by atoms with Crippen molar-refractivity contribution < 1.29 is 21.8 Å². The average molecular weight is 472 g/mol. The molecule has 0 saturated heterocycles. The van der Waals surface area contributed by atoms with Gasteiger partial charge in [0, 0.05) is 11.8 Å². The highest BCUT2D eigenvalue weighted by Gasteiger charge is 2.33. The Kier molecular flexibility index (Phi) is 7.34. The summed E-state index contributed by atoms with van der Waals surface area (Å²) in [5, 5.41) is 0. The number of hydrogen-bond donors (Lipinski definition) is 2. The third-order valence-corrected chi connectivity index (χ3v) is 5.03. The molecule has 0 spiro atoms. The summed E-state index contributed by atoms with van der Waals surface area (Å²) in [6.45, 7) is 4.15. The second-order valence-corrected chi connectivity index (χ2v) is 8.22. The summed E-state index contributed by atoms with van der Waals surface area (Å²) < 4.78 is 45.7. The molecule has 0 bridgehead atoms. The first-order valence-electron chi connectivity index (χ1n) is 8.96. The van der Waals surface area contributed by atoms with Gasteiger partial charge in [-0.25, -0.2) is 4.99 Å². The third-order valence-electron chi connectivity index (χ3n) is 4.20. The van der Waals surface area contributed by atoms with Gasteiger partial charge in [-0.05, 0) is 50.2 Å². The first-order valence-corrected chi connectivity index (χ1v) is 10.3. The van der Waals surface area contributed by atoms with E-state index in [9.17, 15) is 12.3 Å². The lowest BCUT2D eigenvalue weighted by Crippen LogP contribution is -2.54. The summed E-state index contributed by atoms with van der Waals surface area (Å²) in [6, 6.07) is 12.3. The summed E-state index contributed by atoms with van der Waals surface area (Å²) in [4.78, 5) is 9.66. The molecular formula is C19H23ClFN5O4S. The molecule has 1 aliphatic rings. The fourth-order valence-electron chi connectivity index (χ4n) is 2.98. The van der Waals surface area contributed by atoms with Gasteiger partial charge in [0.05, 0.1) is 4.90 Å². The normalized spacial score (nSPS) is 15.4. The van der Waals surface area contributed by atoms with Crippen LogP contribution in [0.4, 0.5) is 9.57 Å². The minimum Gasteiger partial charge on any atom is -0.490 e. The lowest BCUT2D eigenvalue weighted by Gasteiger charge is -2.38. The van der Waals surface area contributed by atoms with Crippen molar-refractivity contribution in [2.45, 2.75) is 24.4 Å². The molecule has 0 aromatic heterocycles. The van der Waals surface area contributed by atoms with Crippen LogP contribution in [-0.2, 0) is 10.2 Å². The molecule has 12 heteroatoms. The van der Waals surface area contributed by atoms with E-state index in [0.717, 1.165) is 17.8 Å². The highest BCUT2D eigenvalue weighted by Crippen LogP contribution is 2.29. The maximum atomic E-state index is 12.9. The summed E-state index contributed by atoms with van der Waals surface area (Å²) in [6.07, 6.45) is 0. The standard InChI is InChI=1S/C19H22FN5O4S.ClH/c1-19(2)24-17(21)23-18(22)25(19)13-4-3-5-15(12-13)29-11-10-28-14-6-8-16(9-7-14)30(20,26)27;/h3-9,12H,10-11H2,1-2H3,(H4,21,22,23,24);1H. The molecular weight excluding hydrogens is 449 g/mol. The van der Waals surface area contributed by atoms with E-state index in [4.69, 9.17) is 20.9 Å². The molecule has 1 aliphatic heterocycles. The summed E-state index contributed by atoms with van der Waals surface area (Å²) >= 11 is 0. The molecule has 0 saturated carbocycles. The van der Waals surface area contributed by atoms with Gasteiger partial charge >= 0.3 is 10.2 Å². The minimum atomic E-state index is -4.73. The number of guanidine groups is 2. The van der Waals surface area contributed by atoms with Gasteiger partial charge in [-0.2, -0.15) is 13.4 Å². The Balaban J connectivity index is 0.00000341. The molecule has 0 fully saturated rings. The van der Waals surface area contributed by atoms with Crippen LogP contribution >= 0.6 is 12.4 Å². The molecule has 0 atom stereocenters. The predicted molar refractivity (Wildman–Crippen MR) is 119 cm³/mol. The molecule has 2 aromatic carbocycles. The average Bonchev–Trinajstić information content (AvgIpc) is 2.64. The molecule has 0 radical (unpaired) electrons. The van der Waals surface area contributed by atoms with Gasteiger partial charge in [0.2, 0.25) is 11.9 Å². The molecule has 2 aromatic rings. The van der Waals surface area contributed by atoms with Crippen LogP contribution in [0.2, 0.25) is 0 Å². The van der Waals surface area contributed by atoms with Crippen molar-refractivity contribution >= 4 is 40.2 Å². The molecule has 4 N–H and O–H groups in total. The highest BCUT2D eigenvalue weighted by molar-refractivity contribution is 7.86. The zero-order chi connectivity index (χ0) is 21.9. The van der Waals surface area contributed by atoms with E-state index in [1.807, 2.05) is 26.0 Å². The topological polar surface area (TPSA) is 133 Å². The van der Waals surface area contributed by atoms with Crippen molar-refractivity contribution in [3.8, 4) is 11.5 Å². The quantitative estimate of drug-likeness (QED) is 0.468. The van der Waals surface area contributed by atoms with E-state index in [1.54, 1.807) is 17.0 Å². The van der Waals surface area contributed by atoms with Crippen LogP contribution < -0.4 is 25.8 Å². The molecule has 3 rings (SSSR count). The molecule has 9 nitrogen and oxygen atoms in total. The number of nitrogens with zero attached hydrogens (tertiary/aromatic N) is 3. The van der Waals surface area contributed by atoms with Crippen LogP contribution in [0.15, 0.2) is 63.4 Å². The van der Waals surface area contributed by atoms with Gasteiger partial charge in [-0.15, -0.1) is 16.3 Å². The van der Waals surface area contributed by atoms with Gasteiger partial charge in [-0.3, -0.25) is 4.90 Å². The van der Waals surface area contributed by atoms with E-state index in [1.165, 1.54) is 12.1 Å². The van der Waals surface area contributed by atoms with Crippen LogP contribution in [0.5, 0.6) is 11.5 Å². The Morgan fingerprint density at radius 1 is 1.03 bits per heavy atom. The molecule has 168 valence electrons.